The molecule has 1 aromatic carbocycles. The Bertz CT molecular complexity index is 305. The van der Waals surface area contributed by atoms with E-state index in [0.29, 0.717) is 25.6 Å². The molecule has 0 fully saturated rings. The first-order chi connectivity index (χ1) is 7.24. The molecule has 1 rings (SSSR count). The minimum atomic E-state index is -0.447. The Morgan fingerprint density at radius 1 is 1.33 bits per heavy atom. The lowest BCUT2D eigenvalue weighted by Gasteiger charge is -2.06. The second-order valence-electron chi connectivity index (χ2n) is 3.08. The van der Waals surface area contributed by atoms with Crippen LogP contribution in [0, 0.1) is 5.82 Å². The number of benzene rings is 1. The predicted octanol–water partition coefficient (Wildman–Crippen LogP) is 2.21. The number of rotatable bonds is 6. The Morgan fingerprint density at radius 2 is 2.13 bits per heavy atom. The van der Waals surface area contributed by atoms with Crippen LogP contribution < -0.4 is 10.5 Å². The molecule has 2 N–H and O–H groups in total. The van der Waals surface area contributed by atoms with Gasteiger partial charge in [-0.25, -0.2) is 4.39 Å². The third-order valence-electron chi connectivity index (χ3n) is 1.88. The van der Waals surface area contributed by atoms with Gasteiger partial charge in [0.1, 0.15) is 11.6 Å². The summed E-state index contributed by atoms with van der Waals surface area (Å²) in [5, 5.41) is 0. The van der Waals surface area contributed by atoms with Gasteiger partial charge in [-0.2, -0.15) is 0 Å². The summed E-state index contributed by atoms with van der Waals surface area (Å²) in [5.41, 5.74) is 5.47. The number of nitrogen functional groups attached to an aromatic ring is 1. The molecule has 0 heterocycles. The third kappa shape index (κ3) is 4.16. The van der Waals surface area contributed by atoms with Gasteiger partial charge >= 0.3 is 0 Å². The molecule has 15 heavy (non-hydrogen) atoms. The maximum absolute atomic E-state index is 13.0. The van der Waals surface area contributed by atoms with Crippen LogP contribution in [0.4, 0.5) is 10.1 Å². The Morgan fingerprint density at radius 3 is 2.80 bits per heavy atom. The third-order valence-corrected chi connectivity index (χ3v) is 1.88. The van der Waals surface area contributed by atoms with Crippen LogP contribution in [0.1, 0.15) is 13.3 Å². The van der Waals surface area contributed by atoms with E-state index in [1.54, 1.807) is 6.07 Å². The maximum Gasteiger partial charge on any atom is 0.149 e. The Balaban J connectivity index is 2.28. The van der Waals surface area contributed by atoms with E-state index in [9.17, 15) is 4.39 Å². The molecular weight excluding hydrogens is 197 g/mol. The minimum Gasteiger partial charge on any atom is -0.493 e. The zero-order chi connectivity index (χ0) is 11.1. The van der Waals surface area contributed by atoms with Crippen LogP contribution in [0.15, 0.2) is 18.2 Å². The lowest BCUT2D eigenvalue weighted by atomic mass is 10.3. The van der Waals surface area contributed by atoms with Crippen molar-refractivity contribution in [2.75, 3.05) is 25.6 Å². The largest absolute Gasteiger partial charge is 0.493 e. The highest BCUT2D eigenvalue weighted by molar-refractivity contribution is 5.43. The number of halogens is 1. The van der Waals surface area contributed by atoms with Crippen molar-refractivity contribution in [3.63, 3.8) is 0 Å². The van der Waals surface area contributed by atoms with Gasteiger partial charge in [0.2, 0.25) is 0 Å². The SMILES string of the molecule is CCOCCCOc1ccc(N)c(F)c1. The van der Waals surface area contributed by atoms with E-state index in [1.807, 2.05) is 6.92 Å². The molecule has 1 aromatic rings. The van der Waals surface area contributed by atoms with Gasteiger partial charge in [0.05, 0.1) is 12.3 Å². The highest BCUT2D eigenvalue weighted by Gasteiger charge is 2.00. The normalized spacial score (nSPS) is 10.3. The first-order valence-electron chi connectivity index (χ1n) is 4.99. The molecule has 0 unspecified atom stereocenters. The highest BCUT2D eigenvalue weighted by Crippen LogP contribution is 2.17. The smallest absolute Gasteiger partial charge is 0.149 e. The molecule has 0 aliphatic carbocycles. The first-order valence-corrected chi connectivity index (χ1v) is 4.99. The minimum absolute atomic E-state index is 0.136. The molecule has 0 saturated carbocycles. The van der Waals surface area contributed by atoms with Crippen molar-refractivity contribution >= 4 is 5.69 Å². The summed E-state index contributed by atoms with van der Waals surface area (Å²) < 4.78 is 23.4. The van der Waals surface area contributed by atoms with Crippen LogP contribution in [0.25, 0.3) is 0 Å². The van der Waals surface area contributed by atoms with E-state index in [-0.39, 0.29) is 5.69 Å². The van der Waals surface area contributed by atoms with E-state index < -0.39 is 5.82 Å². The van der Waals surface area contributed by atoms with Crippen molar-refractivity contribution in [1.29, 1.82) is 0 Å². The first kappa shape index (κ1) is 11.8. The topological polar surface area (TPSA) is 44.5 Å². The fourth-order valence-electron chi connectivity index (χ4n) is 1.09. The summed E-state index contributed by atoms with van der Waals surface area (Å²) in [4.78, 5) is 0. The average Bonchev–Trinajstić information content (AvgIpc) is 2.23. The summed E-state index contributed by atoms with van der Waals surface area (Å²) in [6.45, 7) is 3.82. The van der Waals surface area contributed by atoms with Crippen LogP contribution in [0.2, 0.25) is 0 Å². The van der Waals surface area contributed by atoms with Gasteiger partial charge in [-0.05, 0) is 19.1 Å². The molecule has 0 atom stereocenters. The highest BCUT2D eigenvalue weighted by atomic mass is 19.1. The van der Waals surface area contributed by atoms with Gasteiger partial charge in [0.15, 0.2) is 0 Å². The van der Waals surface area contributed by atoms with Gasteiger partial charge in [-0.1, -0.05) is 0 Å². The monoisotopic (exact) mass is 213 g/mol. The van der Waals surface area contributed by atoms with Crippen LogP contribution in [-0.2, 0) is 4.74 Å². The Hall–Kier alpha value is -1.29. The van der Waals surface area contributed by atoms with Crippen molar-refractivity contribution < 1.29 is 13.9 Å². The molecule has 0 saturated heterocycles. The summed E-state index contributed by atoms with van der Waals surface area (Å²) >= 11 is 0. The van der Waals surface area contributed by atoms with E-state index in [1.165, 1.54) is 12.1 Å². The fraction of sp³-hybridized carbons (Fsp3) is 0.455. The van der Waals surface area contributed by atoms with E-state index in [2.05, 4.69) is 0 Å². The molecule has 0 bridgehead atoms. The Labute approximate surface area is 89.0 Å². The number of ether oxygens (including phenoxy) is 2. The lowest BCUT2D eigenvalue weighted by Crippen LogP contribution is -2.03. The van der Waals surface area contributed by atoms with Gasteiger partial charge in [-0.3, -0.25) is 0 Å². The van der Waals surface area contributed by atoms with Crippen molar-refractivity contribution in [1.82, 2.24) is 0 Å². The number of anilines is 1. The van der Waals surface area contributed by atoms with Crippen LogP contribution >= 0.6 is 0 Å². The molecule has 84 valence electrons. The van der Waals surface area contributed by atoms with Crippen molar-refractivity contribution in [3.8, 4) is 5.75 Å². The summed E-state index contributed by atoms with van der Waals surface area (Å²) in [6.07, 6.45) is 0.792. The van der Waals surface area contributed by atoms with E-state index in [4.69, 9.17) is 15.2 Å². The molecule has 0 aliphatic heterocycles. The number of hydrogen-bond acceptors (Lipinski definition) is 3. The van der Waals surface area contributed by atoms with Gasteiger partial charge in [0.25, 0.3) is 0 Å². The number of hydrogen-bond donors (Lipinski definition) is 1. The van der Waals surface area contributed by atoms with Gasteiger partial charge < -0.3 is 15.2 Å². The second-order valence-corrected chi connectivity index (χ2v) is 3.08. The quantitative estimate of drug-likeness (QED) is 0.582. The summed E-state index contributed by atoms with van der Waals surface area (Å²) in [5.74, 6) is 0.0514. The molecule has 0 spiro atoms. The standard InChI is InChI=1S/C11H16FNO2/c1-2-14-6-3-7-15-9-4-5-11(13)10(12)8-9/h4-5,8H,2-3,6-7,13H2,1H3. The van der Waals surface area contributed by atoms with Crippen LogP contribution in [-0.4, -0.2) is 19.8 Å². The molecule has 3 nitrogen and oxygen atoms in total. The zero-order valence-electron chi connectivity index (χ0n) is 8.83. The number of nitrogens with two attached hydrogens (primary N) is 1. The van der Waals surface area contributed by atoms with Gasteiger partial charge in [0, 0.05) is 25.7 Å². The molecule has 4 heteroatoms. The molecule has 0 radical (unpaired) electrons. The van der Waals surface area contributed by atoms with Gasteiger partial charge in [-0.15, -0.1) is 0 Å². The van der Waals surface area contributed by atoms with Crippen molar-refractivity contribution in [2.24, 2.45) is 0 Å². The fourth-order valence-corrected chi connectivity index (χ4v) is 1.09. The summed E-state index contributed by atoms with van der Waals surface area (Å²) in [7, 11) is 0. The van der Waals surface area contributed by atoms with E-state index >= 15 is 0 Å². The summed E-state index contributed by atoms with van der Waals surface area (Å²) in [6, 6.07) is 4.43. The van der Waals surface area contributed by atoms with Crippen molar-refractivity contribution in [2.45, 2.75) is 13.3 Å². The molecule has 0 aromatic heterocycles. The van der Waals surface area contributed by atoms with Crippen LogP contribution in [0.3, 0.4) is 0 Å². The molecular formula is C11H16FNO2. The zero-order valence-corrected chi connectivity index (χ0v) is 8.83. The lowest BCUT2D eigenvalue weighted by molar-refractivity contribution is 0.131. The van der Waals surface area contributed by atoms with Crippen LogP contribution in [0.5, 0.6) is 5.75 Å². The average molecular weight is 213 g/mol. The Kier molecular flexibility index (Phi) is 4.90. The van der Waals surface area contributed by atoms with E-state index in [0.717, 1.165) is 6.42 Å². The predicted molar refractivity (Wildman–Crippen MR) is 57.4 cm³/mol. The maximum atomic E-state index is 13.0. The molecule has 0 amide bonds. The molecule has 0 aliphatic rings. The van der Waals surface area contributed by atoms with Crippen molar-refractivity contribution in [3.05, 3.63) is 24.0 Å². The second kappa shape index (κ2) is 6.24.